The number of aromatic hydroxyl groups is 1. The minimum atomic E-state index is -0.587. The Balaban J connectivity index is 1.86. The molecule has 1 amide bonds. The first-order chi connectivity index (χ1) is 13.8. The Morgan fingerprint density at radius 3 is 2.45 bits per heavy atom. The summed E-state index contributed by atoms with van der Waals surface area (Å²) in [7, 11) is 0. The summed E-state index contributed by atoms with van der Waals surface area (Å²) >= 11 is 0. The number of para-hydroxylation sites is 1. The molecule has 1 aromatic heterocycles. The number of hydrogen-bond acceptors (Lipinski definition) is 5. The van der Waals surface area contributed by atoms with Crippen molar-refractivity contribution in [3.63, 3.8) is 0 Å². The number of phenolic OH excluding ortho intramolecular Hbond substituents is 1. The van der Waals surface area contributed by atoms with Crippen LogP contribution in [-0.4, -0.2) is 34.6 Å². The number of esters is 1. The Labute approximate surface area is 169 Å². The zero-order chi connectivity index (χ0) is 21.0. The van der Waals surface area contributed by atoms with E-state index in [0.717, 1.165) is 5.56 Å². The lowest BCUT2D eigenvalue weighted by Gasteiger charge is -2.17. The van der Waals surface area contributed by atoms with Gasteiger partial charge in [-0.3, -0.25) is 4.79 Å². The first kappa shape index (κ1) is 20.3. The maximum atomic E-state index is 12.8. The summed E-state index contributed by atoms with van der Waals surface area (Å²) in [5, 5.41) is 13.0. The fourth-order valence-electron chi connectivity index (χ4n) is 2.80. The van der Waals surface area contributed by atoms with Crippen LogP contribution in [0, 0.1) is 5.92 Å². The number of nitrogens with one attached hydrogen (secondary N) is 1. The van der Waals surface area contributed by atoms with Gasteiger partial charge in [0.15, 0.2) is 6.61 Å². The van der Waals surface area contributed by atoms with Gasteiger partial charge in [-0.15, -0.1) is 0 Å². The molecule has 0 saturated carbocycles. The number of amides is 1. The van der Waals surface area contributed by atoms with Crippen molar-refractivity contribution in [2.24, 2.45) is 5.92 Å². The molecule has 3 rings (SSSR count). The van der Waals surface area contributed by atoms with Crippen molar-refractivity contribution < 1.29 is 19.4 Å². The van der Waals surface area contributed by atoms with Gasteiger partial charge in [0.05, 0.1) is 16.8 Å². The molecule has 0 aliphatic carbocycles. The Morgan fingerprint density at radius 2 is 1.76 bits per heavy atom. The number of nitrogens with zero attached hydrogens (tertiary/aromatic N) is 1. The van der Waals surface area contributed by atoms with Crippen LogP contribution in [0.2, 0.25) is 0 Å². The van der Waals surface area contributed by atoms with E-state index in [1.165, 1.54) is 0 Å². The van der Waals surface area contributed by atoms with Crippen LogP contribution in [0.3, 0.4) is 0 Å². The molecule has 0 saturated heterocycles. The smallest absolute Gasteiger partial charge is 0.339 e. The minimum absolute atomic E-state index is 0.0101. The summed E-state index contributed by atoms with van der Waals surface area (Å²) in [5.41, 5.74) is 2.31. The Kier molecular flexibility index (Phi) is 6.12. The van der Waals surface area contributed by atoms with E-state index in [-0.39, 0.29) is 30.2 Å². The van der Waals surface area contributed by atoms with Gasteiger partial charge < -0.3 is 15.2 Å². The molecule has 0 unspecified atom stereocenters. The van der Waals surface area contributed by atoms with E-state index in [2.05, 4.69) is 10.3 Å². The van der Waals surface area contributed by atoms with E-state index in [9.17, 15) is 14.7 Å². The van der Waals surface area contributed by atoms with Crippen LogP contribution < -0.4 is 5.32 Å². The third-order valence-corrected chi connectivity index (χ3v) is 4.82. The first-order valence-electron chi connectivity index (χ1n) is 9.51. The number of rotatable bonds is 6. The van der Waals surface area contributed by atoms with Crippen LogP contribution in [0.15, 0.2) is 54.6 Å². The standard InChI is InChI=1S/C23H24N2O4/c1-14(2)15(3)24-22(27)13-29-23(28)19-12-21(16-8-10-17(26)11-9-16)25-20-7-5-4-6-18(19)20/h4-12,14-15,26H,13H2,1-3H3,(H,24,27)/t15-/m0/s1. The fraction of sp³-hybridized carbons (Fsp3) is 0.261. The van der Waals surface area contributed by atoms with E-state index in [1.807, 2.05) is 39.0 Å². The molecular formula is C23H24N2O4. The van der Waals surface area contributed by atoms with Gasteiger partial charge in [-0.1, -0.05) is 32.0 Å². The van der Waals surface area contributed by atoms with E-state index in [1.54, 1.807) is 36.4 Å². The summed E-state index contributed by atoms with van der Waals surface area (Å²) in [6, 6.07) is 15.5. The number of phenols is 1. The van der Waals surface area contributed by atoms with Crippen LogP contribution in [0.5, 0.6) is 5.75 Å². The molecule has 6 nitrogen and oxygen atoms in total. The SMILES string of the molecule is CC(C)[C@H](C)NC(=O)COC(=O)c1cc(-c2ccc(O)cc2)nc2ccccc12. The number of carbonyl (C=O) groups excluding carboxylic acids is 2. The van der Waals surface area contributed by atoms with Gasteiger partial charge in [0, 0.05) is 17.0 Å². The van der Waals surface area contributed by atoms with Gasteiger partial charge in [-0.05, 0) is 49.2 Å². The lowest BCUT2D eigenvalue weighted by molar-refractivity contribution is -0.125. The fourth-order valence-corrected chi connectivity index (χ4v) is 2.80. The van der Waals surface area contributed by atoms with E-state index < -0.39 is 5.97 Å². The van der Waals surface area contributed by atoms with Crippen molar-refractivity contribution in [3.05, 3.63) is 60.2 Å². The second-order valence-corrected chi connectivity index (χ2v) is 7.30. The van der Waals surface area contributed by atoms with Crippen LogP contribution in [0.25, 0.3) is 22.2 Å². The molecule has 3 aromatic rings. The monoisotopic (exact) mass is 392 g/mol. The lowest BCUT2D eigenvalue weighted by atomic mass is 10.0. The molecule has 150 valence electrons. The first-order valence-corrected chi connectivity index (χ1v) is 9.51. The molecule has 0 bridgehead atoms. The van der Waals surface area contributed by atoms with Gasteiger partial charge in [0.1, 0.15) is 5.75 Å². The molecule has 1 heterocycles. The third kappa shape index (κ3) is 4.90. The molecule has 0 spiro atoms. The molecule has 29 heavy (non-hydrogen) atoms. The van der Waals surface area contributed by atoms with Gasteiger partial charge >= 0.3 is 5.97 Å². The summed E-state index contributed by atoms with van der Waals surface area (Å²) in [5.74, 6) is -0.491. The summed E-state index contributed by atoms with van der Waals surface area (Å²) in [4.78, 5) is 29.4. The molecule has 2 aromatic carbocycles. The van der Waals surface area contributed by atoms with Crippen molar-refractivity contribution in [3.8, 4) is 17.0 Å². The minimum Gasteiger partial charge on any atom is -0.508 e. The maximum Gasteiger partial charge on any atom is 0.339 e. The zero-order valence-corrected chi connectivity index (χ0v) is 16.7. The number of benzene rings is 2. The molecule has 0 aliphatic heterocycles. The largest absolute Gasteiger partial charge is 0.508 e. The second kappa shape index (κ2) is 8.73. The summed E-state index contributed by atoms with van der Waals surface area (Å²) in [6.07, 6.45) is 0. The number of ether oxygens (including phenoxy) is 1. The number of hydrogen-bond donors (Lipinski definition) is 2. The molecule has 1 atom stereocenters. The lowest BCUT2D eigenvalue weighted by Crippen LogP contribution is -2.38. The van der Waals surface area contributed by atoms with Crippen molar-refractivity contribution >= 4 is 22.8 Å². The highest BCUT2D eigenvalue weighted by molar-refractivity contribution is 6.05. The molecule has 2 N–H and O–H groups in total. The van der Waals surface area contributed by atoms with Gasteiger partial charge in [-0.2, -0.15) is 0 Å². The van der Waals surface area contributed by atoms with Crippen LogP contribution >= 0.6 is 0 Å². The number of carbonyl (C=O) groups is 2. The molecular weight excluding hydrogens is 368 g/mol. The van der Waals surface area contributed by atoms with Crippen LogP contribution in [-0.2, 0) is 9.53 Å². The quantitative estimate of drug-likeness (QED) is 0.621. The van der Waals surface area contributed by atoms with Crippen molar-refractivity contribution in [1.82, 2.24) is 10.3 Å². The van der Waals surface area contributed by atoms with Crippen molar-refractivity contribution in [2.45, 2.75) is 26.8 Å². The zero-order valence-electron chi connectivity index (χ0n) is 16.7. The van der Waals surface area contributed by atoms with Crippen LogP contribution in [0.4, 0.5) is 0 Å². The normalized spacial score (nSPS) is 12.0. The highest BCUT2D eigenvalue weighted by atomic mass is 16.5. The second-order valence-electron chi connectivity index (χ2n) is 7.30. The number of aromatic nitrogens is 1. The van der Waals surface area contributed by atoms with Gasteiger partial charge in [-0.25, -0.2) is 9.78 Å². The molecule has 0 fully saturated rings. The van der Waals surface area contributed by atoms with E-state index in [4.69, 9.17) is 4.74 Å². The average molecular weight is 392 g/mol. The summed E-state index contributed by atoms with van der Waals surface area (Å²) < 4.78 is 5.27. The number of fused-ring (bicyclic) bond motifs is 1. The van der Waals surface area contributed by atoms with E-state index in [0.29, 0.717) is 22.2 Å². The maximum absolute atomic E-state index is 12.8. The predicted octanol–water partition coefficient (Wildman–Crippen LogP) is 3.92. The van der Waals surface area contributed by atoms with Gasteiger partial charge in [0.2, 0.25) is 0 Å². The number of pyridine rings is 1. The van der Waals surface area contributed by atoms with Gasteiger partial charge in [0.25, 0.3) is 5.91 Å². The molecule has 6 heteroatoms. The summed E-state index contributed by atoms with van der Waals surface area (Å²) in [6.45, 7) is 5.57. The Bertz CT molecular complexity index is 1030. The predicted molar refractivity (Wildman–Crippen MR) is 112 cm³/mol. The molecule has 0 radical (unpaired) electrons. The van der Waals surface area contributed by atoms with Crippen LogP contribution in [0.1, 0.15) is 31.1 Å². The Hall–Kier alpha value is -3.41. The topological polar surface area (TPSA) is 88.5 Å². The highest BCUT2D eigenvalue weighted by Crippen LogP contribution is 2.26. The average Bonchev–Trinajstić information content (AvgIpc) is 2.71. The third-order valence-electron chi connectivity index (χ3n) is 4.82. The van der Waals surface area contributed by atoms with Crippen molar-refractivity contribution in [2.75, 3.05) is 6.61 Å². The van der Waals surface area contributed by atoms with Crippen molar-refractivity contribution in [1.29, 1.82) is 0 Å². The molecule has 0 aliphatic rings. The highest BCUT2D eigenvalue weighted by Gasteiger charge is 2.17. The Morgan fingerprint density at radius 1 is 1.07 bits per heavy atom. The van der Waals surface area contributed by atoms with E-state index >= 15 is 0 Å².